The Labute approximate surface area is 108 Å². The van der Waals surface area contributed by atoms with E-state index in [0.29, 0.717) is 18.8 Å². The molecule has 0 heterocycles. The molecule has 0 fully saturated rings. The zero-order chi connectivity index (χ0) is 13.4. The van der Waals surface area contributed by atoms with Crippen molar-refractivity contribution in [1.82, 2.24) is 0 Å². The van der Waals surface area contributed by atoms with Crippen molar-refractivity contribution < 1.29 is 13.9 Å². The number of hydrogen-bond donors (Lipinski definition) is 1. The van der Waals surface area contributed by atoms with Crippen LogP contribution < -0.4 is 0 Å². The van der Waals surface area contributed by atoms with Gasteiger partial charge in [-0.1, -0.05) is 24.8 Å². The first kappa shape index (κ1) is 15.1. The highest BCUT2D eigenvalue weighted by Gasteiger charge is 2.17. The van der Waals surface area contributed by atoms with Crippen LogP contribution in [0.25, 0.3) is 0 Å². The van der Waals surface area contributed by atoms with Gasteiger partial charge in [0.2, 0.25) is 6.43 Å². The monoisotopic (exact) mass is 256 g/mol. The molecule has 18 heavy (non-hydrogen) atoms. The van der Waals surface area contributed by atoms with Crippen molar-refractivity contribution >= 4 is 0 Å². The van der Waals surface area contributed by atoms with Crippen molar-refractivity contribution in [3.8, 4) is 0 Å². The third kappa shape index (κ3) is 5.13. The van der Waals surface area contributed by atoms with Gasteiger partial charge in [0.05, 0.1) is 0 Å². The summed E-state index contributed by atoms with van der Waals surface area (Å²) in [5.41, 5.74) is 2.30. The topological polar surface area (TPSA) is 20.2 Å². The van der Waals surface area contributed by atoms with Crippen molar-refractivity contribution in [2.24, 2.45) is 5.92 Å². The van der Waals surface area contributed by atoms with E-state index in [1.165, 1.54) is 5.57 Å². The molecule has 1 aliphatic carbocycles. The lowest BCUT2D eigenvalue weighted by Gasteiger charge is -2.22. The van der Waals surface area contributed by atoms with Crippen LogP contribution in [0.15, 0.2) is 36.0 Å². The molecule has 1 atom stereocenters. The van der Waals surface area contributed by atoms with Crippen LogP contribution in [-0.2, 0) is 0 Å². The van der Waals surface area contributed by atoms with E-state index >= 15 is 0 Å². The Kier molecular flexibility index (Phi) is 6.88. The summed E-state index contributed by atoms with van der Waals surface area (Å²) in [5.74, 6) is 0.313. The molecule has 0 spiro atoms. The van der Waals surface area contributed by atoms with E-state index in [2.05, 4.69) is 12.7 Å². The first-order valence-electron chi connectivity index (χ1n) is 6.57. The zero-order valence-corrected chi connectivity index (χ0v) is 10.7. The highest BCUT2D eigenvalue weighted by atomic mass is 19.3. The number of allylic oxidation sites excluding steroid dienone is 5. The van der Waals surface area contributed by atoms with Gasteiger partial charge in [-0.15, -0.1) is 0 Å². The molecule has 1 N–H and O–H groups in total. The van der Waals surface area contributed by atoms with Gasteiger partial charge in [0, 0.05) is 13.0 Å². The van der Waals surface area contributed by atoms with Gasteiger partial charge < -0.3 is 5.11 Å². The van der Waals surface area contributed by atoms with Crippen LogP contribution in [0.4, 0.5) is 8.78 Å². The summed E-state index contributed by atoms with van der Waals surface area (Å²) in [4.78, 5) is 0. The summed E-state index contributed by atoms with van der Waals surface area (Å²) in [6, 6.07) is 0. The van der Waals surface area contributed by atoms with E-state index in [4.69, 9.17) is 0 Å². The number of aliphatic hydroxyl groups excluding tert-OH is 1. The Morgan fingerprint density at radius 3 is 2.94 bits per heavy atom. The van der Waals surface area contributed by atoms with E-state index in [-0.39, 0.29) is 13.0 Å². The van der Waals surface area contributed by atoms with Crippen molar-refractivity contribution in [1.29, 1.82) is 0 Å². The quantitative estimate of drug-likeness (QED) is 0.675. The van der Waals surface area contributed by atoms with E-state index in [9.17, 15) is 13.9 Å². The smallest absolute Gasteiger partial charge is 0.238 e. The standard InChI is InChI=1S/C15H22F2O/c1-2-5-13(7-4-9-15(16)17)14-8-3-6-12(10-14)11-18/h2,5,8,12,15,18H,1,3-4,6-7,9-11H2/b13-5+. The molecule has 0 aromatic carbocycles. The van der Waals surface area contributed by atoms with Crippen LogP contribution in [0.2, 0.25) is 0 Å². The van der Waals surface area contributed by atoms with E-state index in [0.717, 1.165) is 24.8 Å². The molecular formula is C15H22F2O. The van der Waals surface area contributed by atoms with Gasteiger partial charge >= 0.3 is 0 Å². The average Bonchev–Trinajstić information content (AvgIpc) is 2.37. The fourth-order valence-corrected chi connectivity index (χ4v) is 2.35. The molecule has 0 aliphatic heterocycles. The lowest BCUT2D eigenvalue weighted by Crippen LogP contribution is -2.12. The Morgan fingerprint density at radius 1 is 1.56 bits per heavy atom. The van der Waals surface area contributed by atoms with Gasteiger partial charge in [-0.05, 0) is 49.2 Å². The molecule has 1 nitrogen and oxygen atoms in total. The predicted octanol–water partition coefficient (Wildman–Crippen LogP) is 4.25. The van der Waals surface area contributed by atoms with Crippen LogP contribution in [0, 0.1) is 5.92 Å². The Balaban J connectivity index is 2.59. The molecule has 0 saturated heterocycles. The number of aliphatic hydroxyl groups is 1. The summed E-state index contributed by atoms with van der Waals surface area (Å²) in [5, 5.41) is 9.20. The summed E-state index contributed by atoms with van der Waals surface area (Å²) in [6.45, 7) is 3.88. The largest absolute Gasteiger partial charge is 0.396 e. The van der Waals surface area contributed by atoms with Gasteiger partial charge in [-0.3, -0.25) is 0 Å². The van der Waals surface area contributed by atoms with E-state index in [1.54, 1.807) is 6.08 Å². The van der Waals surface area contributed by atoms with Crippen LogP contribution in [-0.4, -0.2) is 18.1 Å². The highest BCUT2D eigenvalue weighted by molar-refractivity contribution is 5.34. The van der Waals surface area contributed by atoms with Crippen LogP contribution >= 0.6 is 0 Å². The van der Waals surface area contributed by atoms with E-state index < -0.39 is 6.43 Å². The molecule has 0 bridgehead atoms. The minimum Gasteiger partial charge on any atom is -0.396 e. The second-order valence-electron chi connectivity index (χ2n) is 4.77. The molecule has 0 amide bonds. The van der Waals surface area contributed by atoms with Gasteiger partial charge in [0.1, 0.15) is 0 Å². The molecule has 0 radical (unpaired) electrons. The van der Waals surface area contributed by atoms with Gasteiger partial charge in [-0.25, -0.2) is 8.78 Å². The molecule has 0 saturated carbocycles. The molecule has 0 aromatic rings. The maximum atomic E-state index is 12.1. The van der Waals surface area contributed by atoms with Crippen molar-refractivity contribution in [3.05, 3.63) is 36.0 Å². The van der Waals surface area contributed by atoms with Crippen LogP contribution in [0.1, 0.15) is 38.5 Å². The third-order valence-corrected chi connectivity index (χ3v) is 3.33. The summed E-state index contributed by atoms with van der Waals surface area (Å²) < 4.78 is 24.3. The number of hydrogen-bond acceptors (Lipinski definition) is 1. The summed E-state index contributed by atoms with van der Waals surface area (Å²) in [6.07, 6.45) is 7.51. The molecule has 102 valence electrons. The average molecular weight is 256 g/mol. The molecule has 1 aliphatic rings. The number of alkyl halides is 2. The molecule has 1 unspecified atom stereocenters. The predicted molar refractivity (Wildman–Crippen MR) is 70.6 cm³/mol. The summed E-state index contributed by atoms with van der Waals surface area (Å²) in [7, 11) is 0. The Bertz CT molecular complexity index is 318. The molecular weight excluding hydrogens is 234 g/mol. The van der Waals surface area contributed by atoms with Crippen molar-refractivity contribution in [3.63, 3.8) is 0 Å². The fourth-order valence-electron chi connectivity index (χ4n) is 2.35. The van der Waals surface area contributed by atoms with Gasteiger partial charge in [0.25, 0.3) is 0 Å². The second-order valence-corrected chi connectivity index (χ2v) is 4.77. The minimum absolute atomic E-state index is 0.0504. The first-order valence-corrected chi connectivity index (χ1v) is 6.57. The first-order chi connectivity index (χ1) is 8.67. The SMILES string of the molecule is C=C/C=C(\CCCC(F)F)C1=CCCC(CO)C1. The number of rotatable bonds is 7. The second kappa shape index (κ2) is 8.20. The highest BCUT2D eigenvalue weighted by Crippen LogP contribution is 2.31. The molecule has 1 rings (SSSR count). The Hall–Kier alpha value is -0.960. The van der Waals surface area contributed by atoms with Crippen LogP contribution in [0.5, 0.6) is 0 Å². The lowest BCUT2D eigenvalue weighted by molar-refractivity contribution is 0.135. The molecule has 0 aromatic heterocycles. The fraction of sp³-hybridized carbons (Fsp3) is 0.600. The minimum atomic E-state index is -2.22. The summed E-state index contributed by atoms with van der Waals surface area (Å²) >= 11 is 0. The maximum absolute atomic E-state index is 12.1. The van der Waals surface area contributed by atoms with Gasteiger partial charge in [-0.2, -0.15) is 0 Å². The number of halogens is 2. The molecule has 3 heteroatoms. The normalized spacial score (nSPS) is 21.0. The maximum Gasteiger partial charge on any atom is 0.238 e. The lowest BCUT2D eigenvalue weighted by atomic mass is 9.84. The Morgan fingerprint density at radius 2 is 2.33 bits per heavy atom. The zero-order valence-electron chi connectivity index (χ0n) is 10.7. The van der Waals surface area contributed by atoms with E-state index in [1.807, 2.05) is 6.08 Å². The van der Waals surface area contributed by atoms with Crippen molar-refractivity contribution in [2.75, 3.05) is 6.61 Å². The van der Waals surface area contributed by atoms with Crippen molar-refractivity contribution in [2.45, 2.75) is 45.0 Å². The van der Waals surface area contributed by atoms with Crippen LogP contribution in [0.3, 0.4) is 0 Å². The van der Waals surface area contributed by atoms with Gasteiger partial charge in [0.15, 0.2) is 0 Å². The third-order valence-electron chi connectivity index (χ3n) is 3.33.